The van der Waals surface area contributed by atoms with Gasteiger partial charge in [0.1, 0.15) is 6.61 Å². The fourth-order valence-corrected chi connectivity index (χ4v) is 3.20. The van der Waals surface area contributed by atoms with Crippen LogP contribution in [-0.2, 0) is 34.3 Å². The van der Waals surface area contributed by atoms with Gasteiger partial charge in [-0.15, -0.1) is 11.3 Å². The van der Waals surface area contributed by atoms with Crippen molar-refractivity contribution in [2.45, 2.75) is 25.7 Å². The molecule has 1 heterocycles. The number of esters is 1. The van der Waals surface area contributed by atoms with E-state index in [4.69, 9.17) is 4.74 Å². The van der Waals surface area contributed by atoms with Crippen molar-refractivity contribution < 1.29 is 13.7 Å². The minimum Gasteiger partial charge on any atom is -0.456 e. The van der Waals surface area contributed by atoms with Gasteiger partial charge in [-0.2, -0.15) is 0 Å². The lowest BCUT2D eigenvalue weighted by molar-refractivity contribution is 0.0468. The van der Waals surface area contributed by atoms with Crippen molar-refractivity contribution in [3.63, 3.8) is 0 Å². The summed E-state index contributed by atoms with van der Waals surface area (Å²) in [7, 11) is -0.931. The summed E-state index contributed by atoms with van der Waals surface area (Å²) in [5.74, 6) is 0.0531. The molecular weight excluding hydrogens is 306 g/mol. The van der Waals surface area contributed by atoms with Gasteiger partial charge in [-0.3, -0.25) is 4.21 Å². The number of carbonyl (C=O) groups excluding carboxylic acids is 1. The van der Waals surface area contributed by atoms with E-state index in [1.165, 1.54) is 0 Å². The van der Waals surface area contributed by atoms with Gasteiger partial charge < -0.3 is 4.74 Å². The minimum absolute atomic E-state index is 0.180. The first-order valence-corrected chi connectivity index (χ1v) is 9.18. The number of thiazole rings is 1. The number of ether oxygens (including phenoxy) is 1. The normalized spacial score (nSPS) is 12.1. The lowest BCUT2D eigenvalue weighted by Crippen LogP contribution is -2.06. The van der Waals surface area contributed by atoms with Gasteiger partial charge in [-0.05, 0) is 24.1 Å². The van der Waals surface area contributed by atoms with Gasteiger partial charge in [0, 0.05) is 28.2 Å². The Bertz CT molecular complexity index is 652. The number of rotatable bonds is 6. The Morgan fingerprint density at radius 1 is 1.43 bits per heavy atom. The van der Waals surface area contributed by atoms with Gasteiger partial charge in [-0.25, -0.2) is 9.78 Å². The number of nitrogens with zero attached hydrogens (tertiary/aromatic N) is 1. The summed E-state index contributed by atoms with van der Waals surface area (Å²) in [6.45, 7) is 2.22. The van der Waals surface area contributed by atoms with Gasteiger partial charge in [0.05, 0.1) is 16.3 Å². The molecule has 0 saturated heterocycles. The van der Waals surface area contributed by atoms with Crippen molar-refractivity contribution in [3.05, 3.63) is 51.5 Å². The molecule has 0 N–H and O–H groups in total. The second-order valence-electron chi connectivity index (χ2n) is 4.58. The fourth-order valence-electron chi connectivity index (χ4n) is 1.82. The lowest BCUT2D eigenvalue weighted by atomic mass is 10.1. The molecule has 0 radical (unpaired) electrons. The van der Waals surface area contributed by atoms with Crippen molar-refractivity contribution in [1.82, 2.24) is 4.98 Å². The second kappa shape index (κ2) is 7.47. The second-order valence-corrected chi connectivity index (χ2v) is 6.96. The van der Waals surface area contributed by atoms with E-state index >= 15 is 0 Å². The van der Waals surface area contributed by atoms with Crippen LogP contribution in [0.5, 0.6) is 0 Å². The van der Waals surface area contributed by atoms with Crippen LogP contribution in [0.25, 0.3) is 0 Å². The average Bonchev–Trinajstić information content (AvgIpc) is 2.92. The van der Waals surface area contributed by atoms with Crippen LogP contribution in [0.15, 0.2) is 29.6 Å². The topological polar surface area (TPSA) is 56.3 Å². The van der Waals surface area contributed by atoms with Crippen LogP contribution >= 0.6 is 11.3 Å². The predicted molar refractivity (Wildman–Crippen MR) is 84.8 cm³/mol. The number of benzene rings is 1. The number of hydrogen-bond acceptors (Lipinski definition) is 5. The Balaban J connectivity index is 1.98. The molecule has 112 valence electrons. The lowest BCUT2D eigenvalue weighted by Gasteiger charge is -2.05. The maximum absolute atomic E-state index is 12.0. The first-order chi connectivity index (χ1) is 10.1. The Kier molecular flexibility index (Phi) is 5.64. The van der Waals surface area contributed by atoms with Crippen molar-refractivity contribution in [2.24, 2.45) is 0 Å². The number of aromatic nitrogens is 1. The van der Waals surface area contributed by atoms with Crippen LogP contribution in [0.3, 0.4) is 0 Å². The van der Waals surface area contributed by atoms with Crippen LogP contribution in [0.2, 0.25) is 0 Å². The Morgan fingerprint density at radius 3 is 2.90 bits per heavy atom. The summed E-state index contributed by atoms with van der Waals surface area (Å²) >= 11 is 1.57. The first kappa shape index (κ1) is 15.9. The molecule has 0 saturated carbocycles. The maximum atomic E-state index is 12.0. The largest absolute Gasteiger partial charge is 0.456 e. The van der Waals surface area contributed by atoms with Crippen molar-refractivity contribution in [3.8, 4) is 0 Å². The molecule has 0 aliphatic heterocycles. The van der Waals surface area contributed by atoms with Crippen LogP contribution < -0.4 is 0 Å². The van der Waals surface area contributed by atoms with E-state index in [0.717, 1.165) is 22.7 Å². The summed E-state index contributed by atoms with van der Waals surface area (Å²) in [5.41, 5.74) is 2.12. The highest BCUT2D eigenvalue weighted by atomic mass is 32.2. The van der Waals surface area contributed by atoms with E-state index in [-0.39, 0.29) is 12.6 Å². The SMILES string of the molecule is CCc1nc(COC(=O)c2cccc(CS(C)=O)c2)cs1. The smallest absolute Gasteiger partial charge is 0.338 e. The van der Waals surface area contributed by atoms with Crippen LogP contribution in [-0.4, -0.2) is 21.4 Å². The maximum Gasteiger partial charge on any atom is 0.338 e. The van der Waals surface area contributed by atoms with E-state index < -0.39 is 10.8 Å². The molecule has 1 atom stereocenters. The van der Waals surface area contributed by atoms with E-state index in [2.05, 4.69) is 4.98 Å². The van der Waals surface area contributed by atoms with Crippen LogP contribution in [0.4, 0.5) is 0 Å². The molecule has 1 unspecified atom stereocenters. The predicted octanol–water partition coefficient (Wildman–Crippen LogP) is 2.94. The number of hydrogen-bond donors (Lipinski definition) is 0. The van der Waals surface area contributed by atoms with Gasteiger partial charge in [0.2, 0.25) is 0 Å². The molecular formula is C15H17NO3S2. The van der Waals surface area contributed by atoms with E-state index in [0.29, 0.717) is 11.3 Å². The zero-order valence-electron chi connectivity index (χ0n) is 12.0. The molecule has 0 bridgehead atoms. The number of aryl methyl sites for hydroxylation is 1. The Morgan fingerprint density at radius 2 is 2.24 bits per heavy atom. The van der Waals surface area contributed by atoms with Crippen LogP contribution in [0, 0.1) is 0 Å². The molecule has 1 aromatic heterocycles. The van der Waals surface area contributed by atoms with Crippen molar-refractivity contribution in [2.75, 3.05) is 6.26 Å². The highest BCUT2D eigenvalue weighted by Gasteiger charge is 2.10. The molecule has 6 heteroatoms. The molecule has 0 spiro atoms. The summed E-state index contributed by atoms with van der Waals surface area (Å²) in [4.78, 5) is 16.4. The van der Waals surface area contributed by atoms with E-state index in [1.54, 1.807) is 35.8 Å². The Labute approximate surface area is 130 Å². The van der Waals surface area contributed by atoms with Crippen molar-refractivity contribution in [1.29, 1.82) is 0 Å². The van der Waals surface area contributed by atoms with E-state index in [1.807, 2.05) is 18.4 Å². The molecule has 2 aromatic rings. The van der Waals surface area contributed by atoms with E-state index in [9.17, 15) is 9.00 Å². The molecule has 0 fully saturated rings. The average molecular weight is 323 g/mol. The first-order valence-electron chi connectivity index (χ1n) is 6.58. The third-order valence-corrected chi connectivity index (χ3v) is 4.57. The molecule has 1 aromatic carbocycles. The quantitative estimate of drug-likeness (QED) is 0.767. The molecule has 0 aliphatic carbocycles. The van der Waals surface area contributed by atoms with Gasteiger partial charge in [0.15, 0.2) is 0 Å². The highest BCUT2D eigenvalue weighted by Crippen LogP contribution is 2.13. The van der Waals surface area contributed by atoms with Crippen molar-refractivity contribution >= 4 is 28.1 Å². The third-order valence-electron chi connectivity index (χ3n) is 2.79. The third kappa shape index (κ3) is 4.75. The zero-order valence-corrected chi connectivity index (χ0v) is 13.6. The standard InChI is InChI=1S/C15H17NO3S2/c1-3-14-16-13(9-20-14)8-19-15(17)12-6-4-5-11(7-12)10-21(2)18/h4-7,9H,3,8,10H2,1-2H3. The molecule has 2 rings (SSSR count). The van der Waals surface area contributed by atoms with Gasteiger partial charge >= 0.3 is 5.97 Å². The summed E-state index contributed by atoms with van der Waals surface area (Å²) in [6.07, 6.45) is 2.52. The summed E-state index contributed by atoms with van der Waals surface area (Å²) < 4.78 is 16.5. The highest BCUT2D eigenvalue weighted by molar-refractivity contribution is 7.83. The molecule has 0 amide bonds. The zero-order chi connectivity index (χ0) is 15.2. The summed E-state index contributed by atoms with van der Waals surface area (Å²) in [5, 5.41) is 2.94. The van der Waals surface area contributed by atoms with Crippen LogP contribution in [0.1, 0.15) is 33.5 Å². The molecule has 0 aliphatic rings. The minimum atomic E-state index is -0.931. The summed E-state index contributed by atoms with van der Waals surface area (Å²) in [6, 6.07) is 7.05. The van der Waals surface area contributed by atoms with Gasteiger partial charge in [0.25, 0.3) is 0 Å². The molecule has 4 nitrogen and oxygen atoms in total. The number of carbonyl (C=O) groups is 1. The fraction of sp³-hybridized carbons (Fsp3) is 0.333. The Hall–Kier alpha value is -1.53. The molecule has 21 heavy (non-hydrogen) atoms. The van der Waals surface area contributed by atoms with Gasteiger partial charge in [-0.1, -0.05) is 19.1 Å². The monoisotopic (exact) mass is 323 g/mol.